The lowest BCUT2D eigenvalue weighted by Crippen LogP contribution is -2.43. The van der Waals surface area contributed by atoms with Gasteiger partial charge < -0.3 is 10.6 Å². The van der Waals surface area contributed by atoms with Crippen molar-refractivity contribution < 1.29 is 14.4 Å². The van der Waals surface area contributed by atoms with Crippen molar-refractivity contribution in [2.75, 3.05) is 18.4 Å². The number of rotatable bonds is 4. The predicted molar refractivity (Wildman–Crippen MR) is 111 cm³/mol. The van der Waals surface area contributed by atoms with Gasteiger partial charge in [0.05, 0.1) is 11.6 Å². The van der Waals surface area contributed by atoms with Crippen LogP contribution < -0.4 is 11.1 Å². The molecule has 1 aromatic heterocycles. The van der Waals surface area contributed by atoms with Crippen LogP contribution in [0.1, 0.15) is 51.7 Å². The normalized spacial score (nSPS) is 19.1. The topological polar surface area (TPSA) is 105 Å². The molecule has 3 amide bonds. The molecule has 1 aromatic carbocycles. The second-order valence-corrected chi connectivity index (χ2v) is 8.82. The Balaban J connectivity index is 1.42. The first-order valence-corrected chi connectivity index (χ1v) is 10.7. The molecule has 0 radical (unpaired) electrons. The highest BCUT2D eigenvalue weighted by atomic mass is 32.1. The zero-order valence-corrected chi connectivity index (χ0v) is 17.1. The van der Waals surface area contributed by atoms with Gasteiger partial charge in [0.2, 0.25) is 11.8 Å². The van der Waals surface area contributed by atoms with Gasteiger partial charge in [0, 0.05) is 29.4 Å². The summed E-state index contributed by atoms with van der Waals surface area (Å²) >= 11 is 1.45. The Kier molecular flexibility index (Phi) is 5.36. The van der Waals surface area contributed by atoms with Crippen molar-refractivity contribution in [3.05, 3.63) is 46.0 Å². The third-order valence-corrected chi connectivity index (χ3v) is 6.81. The number of carbonyl (C=O) groups is 3. The smallest absolute Gasteiger partial charge is 0.257 e. The zero-order valence-electron chi connectivity index (χ0n) is 16.3. The number of nitrogens with one attached hydrogen (secondary N) is 1. The average molecular weight is 413 g/mol. The molecule has 0 spiro atoms. The molecule has 1 saturated heterocycles. The zero-order chi connectivity index (χ0) is 20.5. The molecule has 152 valence electrons. The standard InChI is InChI=1S/C21H24N4O3S/c1-12-2-4-14(5-3-12)19(27)24-21-23-17-15(6-7-16(17)29-21)20(28)25-10-8-13(9-11-25)18(22)26/h2-5,13,15H,6-11H2,1H3,(H2,22,26)(H,23,24,27)/t15-/m0/s1. The number of hydrogen-bond acceptors (Lipinski definition) is 5. The van der Waals surface area contributed by atoms with Gasteiger partial charge in [0.15, 0.2) is 5.13 Å². The summed E-state index contributed by atoms with van der Waals surface area (Å²) in [6, 6.07) is 7.36. The molecular weight excluding hydrogens is 388 g/mol. The van der Waals surface area contributed by atoms with E-state index in [1.165, 1.54) is 11.3 Å². The molecule has 2 heterocycles. The maximum atomic E-state index is 13.0. The Labute approximate surface area is 173 Å². The third kappa shape index (κ3) is 4.03. The highest BCUT2D eigenvalue weighted by Gasteiger charge is 2.37. The van der Waals surface area contributed by atoms with Crippen LogP contribution in [-0.4, -0.2) is 40.7 Å². The van der Waals surface area contributed by atoms with E-state index in [9.17, 15) is 14.4 Å². The Bertz CT molecular complexity index is 945. The summed E-state index contributed by atoms with van der Waals surface area (Å²) in [5, 5.41) is 3.39. The van der Waals surface area contributed by atoms with Crippen LogP contribution in [0.3, 0.4) is 0 Å². The lowest BCUT2D eigenvalue weighted by atomic mass is 9.95. The minimum atomic E-state index is -0.284. The van der Waals surface area contributed by atoms with Crippen LogP contribution in [0, 0.1) is 12.8 Å². The number of fused-ring (bicyclic) bond motifs is 1. The molecule has 1 fully saturated rings. The minimum absolute atomic E-state index is 0.0633. The van der Waals surface area contributed by atoms with Crippen LogP contribution >= 0.6 is 11.3 Å². The van der Waals surface area contributed by atoms with E-state index >= 15 is 0 Å². The number of benzene rings is 1. The van der Waals surface area contributed by atoms with E-state index in [-0.39, 0.29) is 29.6 Å². The summed E-state index contributed by atoms with van der Waals surface area (Å²) in [5.41, 5.74) is 7.84. The Hall–Kier alpha value is -2.74. The summed E-state index contributed by atoms with van der Waals surface area (Å²) in [4.78, 5) is 44.3. The quantitative estimate of drug-likeness (QED) is 0.805. The van der Waals surface area contributed by atoms with Crippen LogP contribution in [0.5, 0.6) is 0 Å². The van der Waals surface area contributed by atoms with Crippen molar-refractivity contribution in [1.82, 2.24) is 9.88 Å². The van der Waals surface area contributed by atoms with E-state index in [4.69, 9.17) is 5.73 Å². The van der Waals surface area contributed by atoms with Crippen molar-refractivity contribution in [3.8, 4) is 0 Å². The summed E-state index contributed by atoms with van der Waals surface area (Å²) in [6.07, 6.45) is 2.78. The molecule has 0 bridgehead atoms. The van der Waals surface area contributed by atoms with Crippen LogP contribution in [0.2, 0.25) is 0 Å². The lowest BCUT2D eigenvalue weighted by molar-refractivity contribution is -0.136. The van der Waals surface area contributed by atoms with Gasteiger partial charge in [-0.05, 0) is 44.7 Å². The molecule has 2 aromatic rings. The summed E-state index contributed by atoms with van der Waals surface area (Å²) in [7, 11) is 0. The number of anilines is 1. The number of likely N-dealkylation sites (tertiary alicyclic amines) is 1. The number of piperidine rings is 1. The molecule has 0 saturated carbocycles. The Morgan fingerprint density at radius 1 is 1.14 bits per heavy atom. The van der Waals surface area contributed by atoms with Crippen molar-refractivity contribution in [1.29, 1.82) is 0 Å². The second-order valence-electron chi connectivity index (χ2n) is 7.74. The van der Waals surface area contributed by atoms with Gasteiger partial charge in [-0.15, -0.1) is 11.3 Å². The van der Waals surface area contributed by atoms with Gasteiger partial charge in [-0.25, -0.2) is 4.98 Å². The highest BCUT2D eigenvalue weighted by Crippen LogP contribution is 2.39. The van der Waals surface area contributed by atoms with Gasteiger partial charge in [-0.1, -0.05) is 17.7 Å². The van der Waals surface area contributed by atoms with Crippen LogP contribution in [0.4, 0.5) is 5.13 Å². The van der Waals surface area contributed by atoms with Crippen molar-refractivity contribution in [2.24, 2.45) is 11.7 Å². The van der Waals surface area contributed by atoms with Gasteiger partial charge in [0.25, 0.3) is 5.91 Å². The van der Waals surface area contributed by atoms with Gasteiger partial charge in [-0.3, -0.25) is 19.7 Å². The molecule has 29 heavy (non-hydrogen) atoms. The molecule has 7 nitrogen and oxygen atoms in total. The number of nitrogens with two attached hydrogens (primary N) is 1. The lowest BCUT2D eigenvalue weighted by Gasteiger charge is -2.32. The predicted octanol–water partition coefficient (Wildman–Crippen LogP) is 2.46. The average Bonchev–Trinajstić information content (AvgIpc) is 3.28. The SMILES string of the molecule is Cc1ccc(C(=O)Nc2nc3c(s2)CC[C@@H]3C(=O)N2CCC(C(N)=O)CC2)cc1. The summed E-state index contributed by atoms with van der Waals surface area (Å²) in [5.74, 6) is -0.826. The van der Waals surface area contributed by atoms with Crippen LogP contribution in [0.15, 0.2) is 24.3 Å². The molecular formula is C21H24N4O3S. The highest BCUT2D eigenvalue weighted by molar-refractivity contribution is 7.16. The second kappa shape index (κ2) is 7.94. The van der Waals surface area contributed by atoms with E-state index in [1.807, 2.05) is 24.0 Å². The molecule has 3 N–H and O–H groups in total. The van der Waals surface area contributed by atoms with Crippen molar-refractivity contribution in [2.45, 2.75) is 38.5 Å². The first-order valence-electron chi connectivity index (χ1n) is 9.88. The van der Waals surface area contributed by atoms with E-state index in [1.54, 1.807) is 12.1 Å². The van der Waals surface area contributed by atoms with Crippen molar-refractivity contribution >= 4 is 34.2 Å². The molecule has 0 unspecified atom stereocenters. The van der Waals surface area contributed by atoms with E-state index in [0.717, 1.165) is 29.0 Å². The van der Waals surface area contributed by atoms with Crippen molar-refractivity contribution in [3.63, 3.8) is 0 Å². The molecule has 1 aliphatic carbocycles. The number of primary amides is 1. The number of thiazole rings is 1. The minimum Gasteiger partial charge on any atom is -0.369 e. The monoisotopic (exact) mass is 412 g/mol. The van der Waals surface area contributed by atoms with Crippen LogP contribution in [-0.2, 0) is 16.0 Å². The van der Waals surface area contributed by atoms with Gasteiger partial charge >= 0.3 is 0 Å². The molecule has 1 atom stereocenters. The summed E-state index contributed by atoms with van der Waals surface area (Å²) in [6.45, 7) is 3.08. The fourth-order valence-electron chi connectivity index (χ4n) is 4.00. The van der Waals surface area contributed by atoms with E-state index in [0.29, 0.717) is 36.6 Å². The number of aromatic nitrogens is 1. The van der Waals surface area contributed by atoms with Gasteiger partial charge in [-0.2, -0.15) is 0 Å². The first kappa shape index (κ1) is 19.6. The molecule has 4 rings (SSSR count). The van der Waals surface area contributed by atoms with Crippen LogP contribution in [0.25, 0.3) is 0 Å². The third-order valence-electron chi connectivity index (χ3n) is 5.76. The molecule has 2 aliphatic rings. The molecule has 1 aliphatic heterocycles. The number of hydrogen-bond donors (Lipinski definition) is 2. The number of nitrogens with zero attached hydrogens (tertiary/aromatic N) is 2. The summed E-state index contributed by atoms with van der Waals surface area (Å²) < 4.78 is 0. The Morgan fingerprint density at radius 2 is 1.83 bits per heavy atom. The maximum absolute atomic E-state index is 13.0. The fraction of sp³-hybridized carbons (Fsp3) is 0.429. The largest absolute Gasteiger partial charge is 0.369 e. The Morgan fingerprint density at radius 3 is 2.48 bits per heavy atom. The number of amides is 3. The first-order chi connectivity index (χ1) is 13.9. The van der Waals surface area contributed by atoms with E-state index in [2.05, 4.69) is 10.3 Å². The van der Waals surface area contributed by atoms with Gasteiger partial charge in [0.1, 0.15) is 0 Å². The van der Waals surface area contributed by atoms with E-state index < -0.39 is 0 Å². The number of carbonyl (C=O) groups excluding carboxylic acids is 3. The fourth-order valence-corrected chi connectivity index (χ4v) is 5.03. The maximum Gasteiger partial charge on any atom is 0.257 e. The molecule has 8 heteroatoms. The number of aryl methyl sites for hydroxylation is 2.